The first-order valence-corrected chi connectivity index (χ1v) is 11.2. The van der Waals surface area contributed by atoms with Gasteiger partial charge in [-0.05, 0) is 56.5 Å². The largest absolute Gasteiger partial charge is 0.493 e. The van der Waals surface area contributed by atoms with E-state index in [-0.39, 0.29) is 0 Å². The minimum absolute atomic E-state index is 0.298. The van der Waals surface area contributed by atoms with Crippen LogP contribution in [0.25, 0.3) is 0 Å². The van der Waals surface area contributed by atoms with Crippen molar-refractivity contribution in [3.05, 3.63) is 23.8 Å². The van der Waals surface area contributed by atoms with Gasteiger partial charge in [0.1, 0.15) is 12.7 Å². The molecule has 1 aliphatic heterocycles. The van der Waals surface area contributed by atoms with E-state index in [1.807, 2.05) is 6.07 Å². The Bertz CT molecular complexity index is 567. The van der Waals surface area contributed by atoms with E-state index in [1.54, 1.807) is 7.11 Å². The smallest absolute Gasteiger partial charge is 0.161 e. The van der Waals surface area contributed by atoms with Crippen LogP contribution < -0.4 is 14.8 Å². The lowest BCUT2D eigenvalue weighted by molar-refractivity contribution is 0.0747. The molecule has 2 aliphatic rings. The molecule has 0 amide bonds. The van der Waals surface area contributed by atoms with Crippen LogP contribution in [-0.2, 0) is 6.54 Å². The van der Waals surface area contributed by atoms with Crippen molar-refractivity contribution in [3.63, 3.8) is 0 Å². The van der Waals surface area contributed by atoms with Gasteiger partial charge in [0.05, 0.1) is 7.11 Å². The summed E-state index contributed by atoms with van der Waals surface area (Å²) in [4.78, 5) is 2.30. The van der Waals surface area contributed by atoms with Crippen molar-refractivity contribution in [2.24, 2.45) is 0 Å². The summed E-state index contributed by atoms with van der Waals surface area (Å²) in [6.07, 6.45) is 11.4. The van der Waals surface area contributed by atoms with E-state index in [1.165, 1.54) is 63.4 Å². The quantitative estimate of drug-likeness (QED) is 0.673. The Morgan fingerprint density at radius 1 is 1.04 bits per heavy atom. The van der Waals surface area contributed by atoms with Crippen LogP contribution in [0.5, 0.6) is 11.5 Å². The molecule has 28 heavy (non-hydrogen) atoms. The topological polar surface area (TPSA) is 54.0 Å². The summed E-state index contributed by atoms with van der Waals surface area (Å²) < 4.78 is 11.4. The molecular weight excluding hydrogens is 352 g/mol. The highest BCUT2D eigenvalue weighted by Crippen LogP contribution is 2.28. The molecule has 1 atom stereocenters. The zero-order valence-electron chi connectivity index (χ0n) is 17.5. The molecule has 5 heteroatoms. The van der Waals surface area contributed by atoms with Gasteiger partial charge in [-0.2, -0.15) is 0 Å². The molecular formula is C23H38N2O3. The van der Waals surface area contributed by atoms with E-state index in [2.05, 4.69) is 22.3 Å². The SMILES string of the molecule is COc1cc(CNC2CCCCCCC2)ccc1OC[C@H](O)CN1CCCC1. The van der Waals surface area contributed by atoms with Crippen molar-refractivity contribution in [1.29, 1.82) is 0 Å². The van der Waals surface area contributed by atoms with Gasteiger partial charge >= 0.3 is 0 Å². The predicted molar refractivity (Wildman–Crippen MR) is 113 cm³/mol. The second kappa shape index (κ2) is 11.6. The molecule has 158 valence electrons. The van der Waals surface area contributed by atoms with E-state index >= 15 is 0 Å². The zero-order valence-corrected chi connectivity index (χ0v) is 17.5. The molecule has 0 unspecified atom stereocenters. The first kappa shape index (κ1) is 21.4. The third kappa shape index (κ3) is 6.94. The highest BCUT2D eigenvalue weighted by Gasteiger charge is 2.17. The molecule has 1 aliphatic carbocycles. The van der Waals surface area contributed by atoms with Crippen LogP contribution in [0.2, 0.25) is 0 Å². The Morgan fingerprint density at radius 3 is 2.46 bits per heavy atom. The number of hydrogen-bond donors (Lipinski definition) is 2. The molecule has 2 fully saturated rings. The maximum atomic E-state index is 10.2. The van der Waals surface area contributed by atoms with Crippen LogP contribution in [0.15, 0.2) is 18.2 Å². The summed E-state index contributed by atoms with van der Waals surface area (Å²) in [5, 5.41) is 14.0. The maximum absolute atomic E-state index is 10.2. The molecule has 0 bridgehead atoms. The van der Waals surface area contributed by atoms with Gasteiger partial charge < -0.3 is 24.8 Å². The maximum Gasteiger partial charge on any atom is 0.161 e. The van der Waals surface area contributed by atoms with Crippen LogP contribution >= 0.6 is 0 Å². The minimum atomic E-state index is -0.469. The predicted octanol–water partition coefficient (Wildman–Crippen LogP) is 3.73. The van der Waals surface area contributed by atoms with Gasteiger partial charge in [-0.15, -0.1) is 0 Å². The number of hydrogen-bond acceptors (Lipinski definition) is 5. The van der Waals surface area contributed by atoms with Gasteiger partial charge in [0.25, 0.3) is 0 Å². The number of nitrogens with one attached hydrogen (secondary N) is 1. The average molecular weight is 391 g/mol. The number of aliphatic hydroxyl groups is 1. The average Bonchev–Trinajstić information content (AvgIpc) is 3.18. The van der Waals surface area contributed by atoms with Gasteiger partial charge in [0, 0.05) is 19.1 Å². The molecule has 0 radical (unpaired) electrons. The fourth-order valence-electron chi connectivity index (χ4n) is 4.37. The standard InChI is InChI=1S/C23H38N2O3/c1-27-23-15-19(16-24-20-9-5-3-2-4-6-10-20)11-12-22(23)28-18-21(26)17-25-13-7-8-14-25/h11-12,15,20-21,24,26H,2-10,13-14,16-18H2,1H3/t21-/m1/s1. The van der Waals surface area contributed by atoms with Gasteiger partial charge in [-0.1, -0.05) is 38.2 Å². The molecule has 0 aromatic heterocycles. The second-order valence-corrected chi connectivity index (χ2v) is 8.38. The number of likely N-dealkylation sites (tertiary alicyclic amines) is 1. The zero-order chi connectivity index (χ0) is 19.6. The summed E-state index contributed by atoms with van der Waals surface area (Å²) in [7, 11) is 1.68. The van der Waals surface area contributed by atoms with Crippen LogP contribution in [0, 0.1) is 0 Å². The fourth-order valence-corrected chi connectivity index (χ4v) is 4.37. The molecule has 1 saturated heterocycles. The van der Waals surface area contributed by atoms with Gasteiger partial charge in [-0.25, -0.2) is 0 Å². The van der Waals surface area contributed by atoms with Crippen molar-refractivity contribution in [2.75, 3.05) is 33.4 Å². The number of methoxy groups -OCH3 is 1. The molecule has 1 saturated carbocycles. The monoisotopic (exact) mass is 390 g/mol. The van der Waals surface area contributed by atoms with Crippen molar-refractivity contribution < 1.29 is 14.6 Å². The number of nitrogens with zero attached hydrogens (tertiary/aromatic N) is 1. The van der Waals surface area contributed by atoms with Crippen LogP contribution in [0.1, 0.15) is 63.4 Å². The first-order valence-electron chi connectivity index (χ1n) is 11.2. The Hall–Kier alpha value is -1.30. The van der Waals surface area contributed by atoms with Crippen LogP contribution in [0.3, 0.4) is 0 Å². The Balaban J connectivity index is 1.47. The number of rotatable bonds is 9. The molecule has 1 aromatic rings. The lowest BCUT2D eigenvalue weighted by atomic mass is 9.96. The number of aliphatic hydroxyl groups excluding tert-OH is 1. The lowest BCUT2D eigenvalue weighted by Crippen LogP contribution is -2.33. The second-order valence-electron chi connectivity index (χ2n) is 8.38. The van der Waals surface area contributed by atoms with E-state index in [4.69, 9.17) is 9.47 Å². The summed E-state index contributed by atoms with van der Waals surface area (Å²) in [6.45, 7) is 4.02. The molecule has 1 aromatic carbocycles. The fraction of sp³-hybridized carbons (Fsp3) is 0.739. The summed E-state index contributed by atoms with van der Waals surface area (Å²) in [6, 6.07) is 6.75. The van der Waals surface area contributed by atoms with Crippen molar-refractivity contribution in [3.8, 4) is 11.5 Å². The highest BCUT2D eigenvalue weighted by molar-refractivity contribution is 5.43. The van der Waals surface area contributed by atoms with Crippen molar-refractivity contribution in [1.82, 2.24) is 10.2 Å². The Morgan fingerprint density at radius 2 is 1.75 bits per heavy atom. The molecule has 3 rings (SSSR count). The third-order valence-corrected chi connectivity index (χ3v) is 6.03. The van der Waals surface area contributed by atoms with Gasteiger partial charge in [0.2, 0.25) is 0 Å². The van der Waals surface area contributed by atoms with Gasteiger partial charge in [0.15, 0.2) is 11.5 Å². The van der Waals surface area contributed by atoms with Crippen molar-refractivity contribution >= 4 is 0 Å². The Labute approximate surface area is 170 Å². The van der Waals surface area contributed by atoms with E-state index in [0.717, 1.165) is 25.4 Å². The van der Waals surface area contributed by atoms with E-state index in [0.29, 0.717) is 24.9 Å². The number of β-amino-alcohol motifs (C(OH)–C–C–N with tert-alkyl or cyclic N) is 1. The number of ether oxygens (including phenoxy) is 2. The van der Waals surface area contributed by atoms with Crippen molar-refractivity contribution in [2.45, 2.75) is 76.5 Å². The Kier molecular flexibility index (Phi) is 8.90. The van der Waals surface area contributed by atoms with Crippen LogP contribution in [0.4, 0.5) is 0 Å². The summed E-state index contributed by atoms with van der Waals surface area (Å²) >= 11 is 0. The van der Waals surface area contributed by atoms with Gasteiger partial charge in [-0.3, -0.25) is 0 Å². The number of benzene rings is 1. The molecule has 0 spiro atoms. The van der Waals surface area contributed by atoms with E-state index in [9.17, 15) is 5.11 Å². The summed E-state index contributed by atoms with van der Waals surface area (Å²) in [5.41, 5.74) is 1.21. The normalized spacial score (nSPS) is 20.5. The first-order chi connectivity index (χ1) is 13.7. The molecule has 5 nitrogen and oxygen atoms in total. The minimum Gasteiger partial charge on any atom is -0.493 e. The highest BCUT2D eigenvalue weighted by atomic mass is 16.5. The summed E-state index contributed by atoms with van der Waals surface area (Å²) in [5.74, 6) is 1.45. The molecule has 1 heterocycles. The lowest BCUT2D eigenvalue weighted by Gasteiger charge is -2.22. The van der Waals surface area contributed by atoms with E-state index < -0.39 is 6.10 Å². The third-order valence-electron chi connectivity index (χ3n) is 6.03. The molecule has 2 N–H and O–H groups in total. The van der Waals surface area contributed by atoms with Crippen LogP contribution in [-0.4, -0.2) is 55.5 Å².